The molecule has 0 aliphatic carbocycles. The van der Waals surface area contributed by atoms with Crippen LogP contribution < -0.4 is 15.1 Å². The number of anilines is 2. The highest BCUT2D eigenvalue weighted by Crippen LogP contribution is 2.30. The van der Waals surface area contributed by atoms with E-state index in [1.807, 2.05) is 12.1 Å². The second kappa shape index (κ2) is 9.78. The first-order chi connectivity index (χ1) is 16.4. The van der Waals surface area contributed by atoms with Crippen molar-refractivity contribution in [2.75, 3.05) is 16.9 Å². The highest BCUT2D eigenvalue weighted by molar-refractivity contribution is 6.32. The van der Waals surface area contributed by atoms with Gasteiger partial charge in [0.05, 0.1) is 21.9 Å². The van der Waals surface area contributed by atoms with E-state index < -0.39 is 10.8 Å². The molecular weight excluding hydrogens is 436 g/mol. The molecule has 170 valence electrons. The predicted molar refractivity (Wildman–Crippen MR) is 129 cm³/mol. The predicted octanol–water partition coefficient (Wildman–Crippen LogP) is 4.42. The van der Waals surface area contributed by atoms with Gasteiger partial charge in [0, 0.05) is 23.4 Å². The van der Waals surface area contributed by atoms with Crippen molar-refractivity contribution in [1.82, 2.24) is 0 Å². The molecule has 2 amide bonds. The van der Waals surface area contributed by atoms with E-state index >= 15 is 0 Å². The molecule has 3 aromatic carbocycles. The zero-order chi connectivity index (χ0) is 24.1. The number of benzene rings is 3. The Kier molecular flexibility index (Phi) is 6.45. The van der Waals surface area contributed by atoms with Crippen LogP contribution in [-0.2, 0) is 9.59 Å². The molecule has 4 rings (SSSR count). The van der Waals surface area contributed by atoms with Crippen LogP contribution in [0.4, 0.5) is 17.1 Å². The zero-order valence-corrected chi connectivity index (χ0v) is 18.2. The van der Waals surface area contributed by atoms with E-state index in [0.717, 1.165) is 0 Å². The highest BCUT2D eigenvalue weighted by Gasteiger charge is 2.29. The van der Waals surface area contributed by atoms with E-state index in [2.05, 4.69) is 10.4 Å². The van der Waals surface area contributed by atoms with E-state index in [4.69, 9.17) is 4.74 Å². The summed E-state index contributed by atoms with van der Waals surface area (Å²) >= 11 is 0. The second-order valence-corrected chi connectivity index (χ2v) is 7.38. The Morgan fingerprint density at radius 1 is 1.09 bits per heavy atom. The lowest BCUT2D eigenvalue weighted by atomic mass is 10.1. The largest absolute Gasteiger partial charge is 0.483 e. The van der Waals surface area contributed by atoms with Crippen LogP contribution in [-0.4, -0.2) is 29.1 Å². The lowest BCUT2D eigenvalue weighted by molar-refractivity contribution is -0.384. The molecule has 1 aliphatic heterocycles. The Bertz CT molecular complexity index is 1300. The van der Waals surface area contributed by atoms with E-state index in [0.29, 0.717) is 17.1 Å². The first kappa shape index (κ1) is 22.4. The van der Waals surface area contributed by atoms with Gasteiger partial charge in [0.25, 0.3) is 17.5 Å². The van der Waals surface area contributed by atoms with Crippen LogP contribution in [0, 0.1) is 10.1 Å². The third-order valence-corrected chi connectivity index (χ3v) is 4.98. The molecule has 1 heterocycles. The topological polar surface area (TPSA) is 114 Å². The number of rotatable bonds is 7. The number of nitrogens with zero attached hydrogens (tertiary/aromatic N) is 3. The van der Waals surface area contributed by atoms with Crippen LogP contribution in [0.25, 0.3) is 6.08 Å². The Balaban J connectivity index is 1.59. The minimum atomic E-state index is -0.540. The number of hydrogen-bond acceptors (Lipinski definition) is 6. The fourth-order valence-corrected chi connectivity index (χ4v) is 3.34. The third kappa shape index (κ3) is 4.99. The van der Waals surface area contributed by atoms with Crippen molar-refractivity contribution in [2.45, 2.75) is 6.92 Å². The zero-order valence-electron chi connectivity index (χ0n) is 18.2. The maximum Gasteiger partial charge on any atom is 0.280 e. The monoisotopic (exact) mass is 456 g/mol. The molecule has 34 heavy (non-hydrogen) atoms. The normalized spacial score (nSPS) is 14.1. The van der Waals surface area contributed by atoms with Gasteiger partial charge < -0.3 is 10.1 Å². The summed E-state index contributed by atoms with van der Waals surface area (Å²) in [5.74, 6) is -0.545. The van der Waals surface area contributed by atoms with E-state index in [-0.39, 0.29) is 35.1 Å². The number of nitro groups is 1. The average molecular weight is 456 g/mol. The molecule has 0 saturated heterocycles. The fraction of sp³-hybridized carbons (Fsp3) is 0.0800. The van der Waals surface area contributed by atoms with Crippen LogP contribution in [0.5, 0.6) is 5.75 Å². The van der Waals surface area contributed by atoms with Gasteiger partial charge in [-0.25, -0.2) is 0 Å². The Labute approximate surface area is 195 Å². The van der Waals surface area contributed by atoms with Crippen LogP contribution in [0.2, 0.25) is 0 Å². The van der Waals surface area contributed by atoms with Gasteiger partial charge in [-0.2, -0.15) is 10.1 Å². The summed E-state index contributed by atoms with van der Waals surface area (Å²) in [4.78, 5) is 36.1. The number of hydrazone groups is 1. The summed E-state index contributed by atoms with van der Waals surface area (Å²) in [6.07, 6.45) is 1.49. The number of nitro benzene ring substituents is 1. The van der Waals surface area contributed by atoms with Crippen LogP contribution in [0.15, 0.2) is 89.5 Å². The number of non-ortho nitro benzene ring substituents is 1. The van der Waals surface area contributed by atoms with Gasteiger partial charge in [0.2, 0.25) is 0 Å². The Hall–Kier alpha value is -4.79. The minimum absolute atomic E-state index is 0.173. The molecule has 0 fully saturated rings. The highest BCUT2D eigenvalue weighted by atomic mass is 16.6. The molecule has 0 radical (unpaired) electrons. The molecule has 9 heteroatoms. The number of hydrogen-bond donors (Lipinski definition) is 1. The number of carbonyl (C=O) groups is 2. The molecule has 0 saturated carbocycles. The molecule has 0 spiro atoms. The number of amides is 2. The molecule has 0 unspecified atom stereocenters. The molecule has 1 N–H and O–H groups in total. The lowest BCUT2D eigenvalue weighted by Gasteiger charge is -2.12. The minimum Gasteiger partial charge on any atom is -0.483 e. The van der Waals surface area contributed by atoms with Crippen molar-refractivity contribution >= 4 is 40.7 Å². The summed E-state index contributed by atoms with van der Waals surface area (Å²) < 4.78 is 5.65. The number of ether oxygens (including phenoxy) is 1. The van der Waals surface area contributed by atoms with Crippen LogP contribution in [0.3, 0.4) is 0 Å². The third-order valence-electron chi connectivity index (χ3n) is 4.98. The summed E-state index contributed by atoms with van der Waals surface area (Å²) in [6, 6.07) is 21.8. The smallest absolute Gasteiger partial charge is 0.280 e. The average Bonchev–Trinajstić information content (AvgIpc) is 3.12. The number of para-hydroxylation sites is 2. The molecule has 0 bridgehead atoms. The first-order valence-electron chi connectivity index (χ1n) is 10.4. The Morgan fingerprint density at radius 2 is 1.76 bits per heavy atom. The molecule has 0 aromatic heterocycles. The van der Waals surface area contributed by atoms with Crippen molar-refractivity contribution in [1.29, 1.82) is 0 Å². The summed E-state index contributed by atoms with van der Waals surface area (Å²) in [5.41, 5.74) is 2.05. The summed E-state index contributed by atoms with van der Waals surface area (Å²) in [7, 11) is 0. The molecule has 3 aromatic rings. The Morgan fingerprint density at radius 3 is 2.44 bits per heavy atom. The van der Waals surface area contributed by atoms with Gasteiger partial charge in [-0.05, 0) is 43.3 Å². The van der Waals surface area contributed by atoms with Gasteiger partial charge in [0.15, 0.2) is 6.61 Å². The van der Waals surface area contributed by atoms with Crippen molar-refractivity contribution in [3.05, 3.63) is 100 Å². The fourth-order valence-electron chi connectivity index (χ4n) is 3.34. The van der Waals surface area contributed by atoms with Gasteiger partial charge in [-0.1, -0.05) is 36.4 Å². The molecule has 1 aliphatic rings. The molecule has 0 atom stereocenters. The SMILES string of the molecule is CC1=NN(c2ccccc2)C(=O)/C1=C\c1cc([N+](=O)[O-])ccc1OCC(=O)Nc1ccccc1. The number of nitrogens with one attached hydrogen (secondary N) is 1. The van der Waals surface area contributed by atoms with Gasteiger partial charge >= 0.3 is 0 Å². The molecule has 9 nitrogen and oxygen atoms in total. The van der Waals surface area contributed by atoms with Crippen LogP contribution in [0.1, 0.15) is 12.5 Å². The van der Waals surface area contributed by atoms with E-state index in [1.54, 1.807) is 55.5 Å². The van der Waals surface area contributed by atoms with Crippen molar-refractivity contribution in [3.8, 4) is 5.75 Å². The van der Waals surface area contributed by atoms with Gasteiger partial charge in [-0.3, -0.25) is 19.7 Å². The van der Waals surface area contributed by atoms with Gasteiger partial charge in [0.1, 0.15) is 5.75 Å². The summed E-state index contributed by atoms with van der Waals surface area (Å²) in [5, 5.41) is 19.6. The lowest BCUT2D eigenvalue weighted by Crippen LogP contribution is -2.21. The maximum absolute atomic E-state index is 13.0. The standard InChI is InChI=1S/C25H20N4O5/c1-17-22(25(31)28(27-17)20-10-6-3-7-11-20)15-18-14-21(29(32)33)12-13-23(18)34-16-24(30)26-19-8-4-2-5-9-19/h2-15H,16H2,1H3,(H,26,30)/b22-15-. The van der Waals surface area contributed by atoms with Crippen molar-refractivity contribution in [3.63, 3.8) is 0 Å². The van der Waals surface area contributed by atoms with Crippen molar-refractivity contribution in [2.24, 2.45) is 5.10 Å². The van der Waals surface area contributed by atoms with E-state index in [9.17, 15) is 19.7 Å². The van der Waals surface area contributed by atoms with Crippen LogP contribution >= 0.6 is 0 Å². The number of carbonyl (C=O) groups excluding carboxylic acids is 2. The maximum atomic E-state index is 13.0. The first-order valence-corrected chi connectivity index (χ1v) is 10.4. The summed E-state index contributed by atoms with van der Waals surface area (Å²) in [6.45, 7) is 1.36. The second-order valence-electron chi connectivity index (χ2n) is 7.38. The molecular formula is C25H20N4O5. The van der Waals surface area contributed by atoms with E-state index in [1.165, 1.54) is 29.3 Å². The quantitative estimate of drug-likeness (QED) is 0.321. The van der Waals surface area contributed by atoms with Gasteiger partial charge in [-0.15, -0.1) is 0 Å². The van der Waals surface area contributed by atoms with Crippen molar-refractivity contribution < 1.29 is 19.2 Å².